The molecule has 1 fully saturated rings. The van der Waals surface area contributed by atoms with Gasteiger partial charge in [0.2, 0.25) is 5.95 Å². The van der Waals surface area contributed by atoms with E-state index in [9.17, 15) is 9.59 Å². The first-order valence-corrected chi connectivity index (χ1v) is 15.9. The molecule has 3 rings (SSSR count). The van der Waals surface area contributed by atoms with Gasteiger partial charge in [0.05, 0.1) is 11.9 Å². The van der Waals surface area contributed by atoms with E-state index in [2.05, 4.69) is 41.3 Å². The van der Waals surface area contributed by atoms with E-state index in [1.807, 2.05) is 46.8 Å². The van der Waals surface area contributed by atoms with Crippen molar-refractivity contribution in [3.05, 3.63) is 36.0 Å². The zero-order valence-corrected chi connectivity index (χ0v) is 27.4. The van der Waals surface area contributed by atoms with Crippen LogP contribution in [0.3, 0.4) is 0 Å². The summed E-state index contributed by atoms with van der Waals surface area (Å²) >= 11 is 0. The highest BCUT2D eigenvalue weighted by atomic mass is 16.6. The molecule has 2 N–H and O–H groups in total. The van der Waals surface area contributed by atoms with Crippen LogP contribution in [0.15, 0.2) is 30.5 Å². The molecule has 1 aliphatic rings. The molecule has 0 aliphatic carbocycles. The zero-order valence-electron chi connectivity index (χ0n) is 27.4. The van der Waals surface area contributed by atoms with Crippen molar-refractivity contribution in [2.45, 2.75) is 105 Å². The van der Waals surface area contributed by atoms with Crippen LogP contribution in [0.25, 0.3) is 0 Å². The van der Waals surface area contributed by atoms with E-state index in [-0.39, 0.29) is 18.1 Å². The lowest BCUT2D eigenvalue weighted by atomic mass is 10.0. The van der Waals surface area contributed by atoms with Gasteiger partial charge in [-0.05, 0) is 84.9 Å². The number of benzene rings is 1. The number of aromatic nitrogens is 2. The van der Waals surface area contributed by atoms with E-state index in [4.69, 9.17) is 14.5 Å². The number of nitrogens with zero attached hydrogens (tertiary/aromatic N) is 4. The van der Waals surface area contributed by atoms with Gasteiger partial charge in [0, 0.05) is 38.6 Å². The number of carbonyl (C=O) groups excluding carboxylic acids is 2. The summed E-state index contributed by atoms with van der Waals surface area (Å²) in [7, 11) is 0. The Kier molecular flexibility index (Phi) is 12.5. The molecule has 1 aromatic carbocycles. The molecule has 238 valence electrons. The van der Waals surface area contributed by atoms with Gasteiger partial charge in [-0.15, -0.1) is 0 Å². The molecular formula is C33H52N6O4. The molecule has 0 radical (unpaired) electrons. The number of nitrogens with one attached hydrogen (secondary N) is 2. The van der Waals surface area contributed by atoms with Gasteiger partial charge < -0.3 is 29.9 Å². The molecule has 10 nitrogen and oxygen atoms in total. The summed E-state index contributed by atoms with van der Waals surface area (Å²) < 4.78 is 11.5. The maximum Gasteiger partial charge on any atom is 0.415 e. The highest BCUT2D eigenvalue weighted by Gasteiger charge is 2.29. The first-order valence-electron chi connectivity index (χ1n) is 15.9. The molecule has 2 atom stereocenters. The van der Waals surface area contributed by atoms with Crippen molar-refractivity contribution in [3.8, 4) is 5.75 Å². The summed E-state index contributed by atoms with van der Waals surface area (Å²) in [5.74, 6) is 1.78. The van der Waals surface area contributed by atoms with Crippen molar-refractivity contribution in [1.29, 1.82) is 0 Å². The fraction of sp³-hybridized carbons (Fsp3) is 0.636. The molecule has 1 aliphatic heterocycles. The Morgan fingerprint density at radius 2 is 1.79 bits per heavy atom. The minimum absolute atomic E-state index is 0.140. The highest BCUT2D eigenvalue weighted by molar-refractivity contribution is 5.81. The largest absolute Gasteiger partial charge is 0.458 e. The molecule has 10 heteroatoms. The average molecular weight is 597 g/mol. The topological polar surface area (TPSA) is 109 Å². The molecule has 43 heavy (non-hydrogen) atoms. The van der Waals surface area contributed by atoms with Crippen molar-refractivity contribution in [3.63, 3.8) is 0 Å². The molecule has 2 heterocycles. The standard InChI is InChI=1S/C33H52N6O4/c1-9-12-13-25-18-19-39(22-25)32(41)42-26-16-14-24(15-17-26)20-27(30(40)43-33(6,7)8)36-29-28(35-23(4)5)21-34-31(37-29)38(10-2)11-3/h14-17,21,23,25,27,35H,9-13,18-20,22H2,1-8H3,(H,34,36,37)/t25?,27-/m0/s1. The minimum atomic E-state index is -0.718. The van der Waals surface area contributed by atoms with Gasteiger partial charge in [0.15, 0.2) is 5.82 Å². The van der Waals surface area contributed by atoms with Gasteiger partial charge in [-0.1, -0.05) is 31.9 Å². The number of rotatable bonds is 14. The Labute approximate surface area is 257 Å². The van der Waals surface area contributed by atoms with Crippen molar-refractivity contribution in [1.82, 2.24) is 14.9 Å². The average Bonchev–Trinajstić information content (AvgIpc) is 3.42. The number of ether oxygens (including phenoxy) is 2. The summed E-state index contributed by atoms with van der Waals surface area (Å²) in [6, 6.07) is 6.73. The zero-order chi connectivity index (χ0) is 31.6. The van der Waals surface area contributed by atoms with Gasteiger partial charge in [-0.3, -0.25) is 0 Å². The maximum absolute atomic E-state index is 13.5. The summed E-state index contributed by atoms with van der Waals surface area (Å²) in [5, 5.41) is 6.75. The van der Waals surface area contributed by atoms with E-state index in [1.54, 1.807) is 23.2 Å². The van der Waals surface area contributed by atoms with Crippen molar-refractivity contribution in [2.24, 2.45) is 5.92 Å². The lowest BCUT2D eigenvalue weighted by Gasteiger charge is -2.27. The number of carbonyl (C=O) groups is 2. The van der Waals surface area contributed by atoms with E-state index in [1.165, 1.54) is 12.8 Å². The Bertz CT molecular complexity index is 1180. The molecular weight excluding hydrogens is 544 g/mol. The van der Waals surface area contributed by atoms with Gasteiger partial charge in [-0.2, -0.15) is 4.98 Å². The van der Waals surface area contributed by atoms with Crippen LogP contribution in [-0.4, -0.2) is 70.8 Å². The second-order valence-corrected chi connectivity index (χ2v) is 12.6. The summed E-state index contributed by atoms with van der Waals surface area (Å²) in [5.41, 5.74) is 0.943. The number of anilines is 3. The molecule has 2 aromatic rings. The van der Waals surface area contributed by atoms with Gasteiger partial charge in [-0.25, -0.2) is 14.6 Å². The third kappa shape index (κ3) is 10.6. The van der Waals surface area contributed by atoms with Crippen LogP contribution in [0.1, 0.15) is 86.6 Å². The lowest BCUT2D eigenvalue weighted by molar-refractivity contribution is -0.155. The molecule has 1 aromatic heterocycles. The molecule has 0 bridgehead atoms. The quantitative estimate of drug-likeness (QED) is 0.236. The van der Waals surface area contributed by atoms with E-state index in [0.29, 0.717) is 35.5 Å². The summed E-state index contributed by atoms with van der Waals surface area (Å²) in [4.78, 5) is 39.4. The summed E-state index contributed by atoms with van der Waals surface area (Å²) in [6.07, 6.45) is 6.35. The number of esters is 1. The normalized spacial score (nSPS) is 15.7. The van der Waals surface area contributed by atoms with Crippen LogP contribution in [0.5, 0.6) is 5.75 Å². The van der Waals surface area contributed by atoms with Crippen LogP contribution >= 0.6 is 0 Å². The SMILES string of the molecule is CCCCC1CCN(C(=O)Oc2ccc(C[C@H](Nc3nc(N(CC)CC)ncc3NC(C)C)C(=O)OC(C)(C)C)cc2)C1. The number of hydrogen-bond acceptors (Lipinski definition) is 9. The molecule has 1 unspecified atom stereocenters. The Hall–Kier alpha value is -3.56. The second kappa shape index (κ2) is 15.8. The van der Waals surface area contributed by atoms with E-state index in [0.717, 1.165) is 44.6 Å². The van der Waals surface area contributed by atoms with Crippen LogP contribution in [0.2, 0.25) is 0 Å². The van der Waals surface area contributed by atoms with Crippen LogP contribution < -0.4 is 20.3 Å². The number of amides is 1. The predicted octanol–water partition coefficient (Wildman–Crippen LogP) is 6.52. The third-order valence-corrected chi connectivity index (χ3v) is 7.35. The fourth-order valence-electron chi connectivity index (χ4n) is 5.11. The van der Waals surface area contributed by atoms with E-state index >= 15 is 0 Å². The van der Waals surface area contributed by atoms with Gasteiger partial charge in [0.25, 0.3) is 0 Å². The first kappa shape index (κ1) is 33.9. The molecule has 1 amide bonds. The molecule has 0 spiro atoms. The molecule has 1 saturated heterocycles. The Morgan fingerprint density at radius 1 is 1.09 bits per heavy atom. The maximum atomic E-state index is 13.5. The first-order chi connectivity index (χ1) is 20.4. The lowest BCUT2D eigenvalue weighted by Crippen LogP contribution is -2.38. The van der Waals surface area contributed by atoms with Crippen molar-refractivity contribution >= 4 is 29.5 Å². The fourth-order valence-corrected chi connectivity index (χ4v) is 5.11. The summed E-state index contributed by atoms with van der Waals surface area (Å²) in [6.45, 7) is 19.0. The predicted molar refractivity (Wildman–Crippen MR) is 173 cm³/mol. The Morgan fingerprint density at radius 3 is 2.40 bits per heavy atom. The second-order valence-electron chi connectivity index (χ2n) is 12.6. The van der Waals surface area contributed by atoms with Gasteiger partial charge >= 0.3 is 12.1 Å². The third-order valence-electron chi connectivity index (χ3n) is 7.35. The molecule has 0 saturated carbocycles. The van der Waals surface area contributed by atoms with Gasteiger partial charge in [0.1, 0.15) is 17.4 Å². The van der Waals surface area contributed by atoms with Crippen LogP contribution in [-0.2, 0) is 16.0 Å². The number of hydrogen-bond donors (Lipinski definition) is 2. The minimum Gasteiger partial charge on any atom is -0.458 e. The van der Waals surface area contributed by atoms with Crippen LogP contribution in [0, 0.1) is 5.92 Å². The Balaban J connectivity index is 1.78. The van der Waals surface area contributed by atoms with E-state index < -0.39 is 11.6 Å². The van der Waals surface area contributed by atoms with Crippen molar-refractivity contribution in [2.75, 3.05) is 41.7 Å². The van der Waals surface area contributed by atoms with Crippen molar-refractivity contribution < 1.29 is 19.1 Å². The van der Waals surface area contributed by atoms with Crippen LogP contribution in [0.4, 0.5) is 22.2 Å². The number of unbranched alkanes of at least 4 members (excludes halogenated alkanes) is 1. The highest BCUT2D eigenvalue weighted by Crippen LogP contribution is 2.26. The smallest absolute Gasteiger partial charge is 0.415 e. The number of likely N-dealkylation sites (tertiary alicyclic amines) is 1. The monoisotopic (exact) mass is 596 g/mol.